The first-order valence-electron chi connectivity index (χ1n) is 4.02. The zero-order chi connectivity index (χ0) is 9.59. The van der Waals surface area contributed by atoms with Crippen LogP contribution in [-0.4, -0.2) is 34.2 Å². The number of carbonyl (C=O) groups is 1. The zero-order valence-electron chi connectivity index (χ0n) is 7.48. The maximum Gasteiger partial charge on any atom is 0.268 e. The Morgan fingerprint density at radius 2 is 2.31 bits per heavy atom. The van der Waals surface area contributed by atoms with Crippen LogP contribution in [0.1, 0.15) is 6.92 Å². The van der Waals surface area contributed by atoms with Crippen LogP contribution in [0.2, 0.25) is 0 Å². The predicted octanol–water partition coefficient (Wildman–Crippen LogP) is -0.0921. The molecule has 2 heterocycles. The van der Waals surface area contributed by atoms with E-state index < -0.39 is 0 Å². The van der Waals surface area contributed by atoms with Gasteiger partial charge in [-0.3, -0.25) is 9.80 Å². The summed E-state index contributed by atoms with van der Waals surface area (Å²) in [6.07, 6.45) is 2.79. The van der Waals surface area contributed by atoms with Crippen molar-refractivity contribution < 1.29 is 9.90 Å². The minimum absolute atomic E-state index is 0.130. The Balaban J connectivity index is 2.39. The fraction of sp³-hybridized carbons (Fsp3) is 0.375. The molecule has 0 aromatic heterocycles. The third-order valence-corrected chi connectivity index (χ3v) is 2.34. The summed E-state index contributed by atoms with van der Waals surface area (Å²) in [5.74, 6) is 0.00389. The number of hydrazine groups is 1. The highest BCUT2D eigenvalue weighted by Gasteiger charge is 2.38. The summed E-state index contributed by atoms with van der Waals surface area (Å²) in [7, 11) is 1.65. The van der Waals surface area contributed by atoms with Crippen molar-refractivity contribution in [1.82, 2.24) is 15.3 Å². The number of nitrogens with one attached hydrogen (secondary N) is 1. The first-order chi connectivity index (χ1) is 6.13. The normalized spacial score (nSPS) is 26.6. The number of amides is 1. The van der Waals surface area contributed by atoms with E-state index in [1.807, 2.05) is 0 Å². The van der Waals surface area contributed by atoms with Gasteiger partial charge in [0.25, 0.3) is 5.91 Å². The summed E-state index contributed by atoms with van der Waals surface area (Å²) in [5.41, 5.74) is 0.750. The molecule has 0 fully saturated rings. The van der Waals surface area contributed by atoms with Crippen molar-refractivity contribution in [2.24, 2.45) is 0 Å². The van der Waals surface area contributed by atoms with E-state index in [0.29, 0.717) is 0 Å². The topological polar surface area (TPSA) is 55.8 Å². The second kappa shape index (κ2) is 2.42. The summed E-state index contributed by atoms with van der Waals surface area (Å²) in [6, 6.07) is 0. The molecule has 2 aliphatic rings. The van der Waals surface area contributed by atoms with E-state index in [9.17, 15) is 9.90 Å². The summed E-state index contributed by atoms with van der Waals surface area (Å²) < 4.78 is 0. The van der Waals surface area contributed by atoms with Crippen LogP contribution in [-0.2, 0) is 4.79 Å². The molecule has 5 nitrogen and oxygen atoms in total. The Bertz CT molecular complexity index is 321. The summed E-state index contributed by atoms with van der Waals surface area (Å²) >= 11 is 0. The summed E-state index contributed by atoms with van der Waals surface area (Å²) in [5, 5.41) is 15.5. The van der Waals surface area contributed by atoms with E-state index in [-0.39, 0.29) is 18.0 Å². The standard InChI is InChI=1S/C8H11N3O2/c1-5-7-9-4-3-6(12)11(7)10(2)8(5)13/h3-4,7,9,13H,1-2H3. The molecule has 13 heavy (non-hydrogen) atoms. The van der Waals surface area contributed by atoms with Gasteiger partial charge in [0, 0.05) is 24.9 Å². The lowest BCUT2D eigenvalue weighted by molar-refractivity contribution is -0.143. The molecule has 2 rings (SSSR count). The van der Waals surface area contributed by atoms with Crippen molar-refractivity contribution in [3.05, 3.63) is 23.7 Å². The van der Waals surface area contributed by atoms with Crippen molar-refractivity contribution in [3.8, 4) is 0 Å². The molecule has 70 valence electrons. The van der Waals surface area contributed by atoms with E-state index in [0.717, 1.165) is 5.57 Å². The summed E-state index contributed by atoms with van der Waals surface area (Å²) in [4.78, 5) is 11.4. The smallest absolute Gasteiger partial charge is 0.268 e. The maximum atomic E-state index is 11.4. The van der Waals surface area contributed by atoms with Crippen molar-refractivity contribution >= 4 is 5.91 Å². The van der Waals surface area contributed by atoms with Crippen LogP contribution in [0.5, 0.6) is 0 Å². The Hall–Kier alpha value is -1.65. The molecule has 1 unspecified atom stereocenters. The fourth-order valence-electron chi connectivity index (χ4n) is 1.59. The van der Waals surface area contributed by atoms with E-state index in [1.54, 1.807) is 20.2 Å². The number of aliphatic hydroxyl groups excluding tert-OH is 1. The van der Waals surface area contributed by atoms with Gasteiger partial charge in [-0.25, -0.2) is 5.01 Å². The van der Waals surface area contributed by atoms with Crippen molar-refractivity contribution in [2.75, 3.05) is 7.05 Å². The lowest BCUT2D eigenvalue weighted by atomic mass is 10.2. The Kier molecular flexibility index (Phi) is 1.48. The monoisotopic (exact) mass is 181 g/mol. The SMILES string of the molecule is CC1=C(O)N(C)N2C(=O)C=CNC12. The molecule has 0 bridgehead atoms. The summed E-state index contributed by atoms with van der Waals surface area (Å²) in [6.45, 7) is 1.79. The molecule has 0 aliphatic carbocycles. The average Bonchev–Trinajstić information content (AvgIpc) is 2.33. The quantitative estimate of drug-likeness (QED) is 0.548. The Morgan fingerprint density at radius 1 is 1.62 bits per heavy atom. The van der Waals surface area contributed by atoms with Gasteiger partial charge in [0.15, 0.2) is 0 Å². The number of fused-ring (bicyclic) bond motifs is 1. The zero-order valence-corrected chi connectivity index (χ0v) is 7.48. The Labute approximate surface area is 75.9 Å². The first kappa shape index (κ1) is 7.97. The minimum Gasteiger partial charge on any atom is -0.493 e. The number of nitrogens with zero attached hydrogens (tertiary/aromatic N) is 2. The Morgan fingerprint density at radius 3 is 2.92 bits per heavy atom. The molecule has 1 atom stereocenters. The van der Waals surface area contributed by atoms with Gasteiger partial charge in [-0.2, -0.15) is 0 Å². The van der Waals surface area contributed by atoms with E-state index in [4.69, 9.17) is 0 Å². The second-order valence-electron chi connectivity index (χ2n) is 3.12. The second-order valence-corrected chi connectivity index (χ2v) is 3.12. The van der Waals surface area contributed by atoms with Gasteiger partial charge in [0.2, 0.25) is 5.88 Å². The highest BCUT2D eigenvalue weighted by Crippen LogP contribution is 2.26. The van der Waals surface area contributed by atoms with Crippen LogP contribution in [0.3, 0.4) is 0 Å². The van der Waals surface area contributed by atoms with Crippen molar-refractivity contribution in [1.29, 1.82) is 0 Å². The molecule has 1 amide bonds. The molecule has 5 heteroatoms. The maximum absolute atomic E-state index is 11.4. The number of hydrogen-bond donors (Lipinski definition) is 2. The van der Waals surface area contributed by atoms with E-state index in [2.05, 4.69) is 5.32 Å². The number of aliphatic hydroxyl groups is 1. The van der Waals surface area contributed by atoms with Gasteiger partial charge in [0.1, 0.15) is 6.17 Å². The molecule has 0 saturated carbocycles. The largest absolute Gasteiger partial charge is 0.493 e. The first-order valence-corrected chi connectivity index (χ1v) is 4.02. The van der Waals surface area contributed by atoms with Crippen LogP contribution in [0, 0.1) is 0 Å². The van der Waals surface area contributed by atoms with Crippen LogP contribution >= 0.6 is 0 Å². The predicted molar refractivity (Wildman–Crippen MR) is 46.0 cm³/mol. The molecule has 0 aromatic carbocycles. The number of rotatable bonds is 0. The van der Waals surface area contributed by atoms with Crippen LogP contribution in [0.4, 0.5) is 0 Å². The number of carbonyl (C=O) groups excluding carboxylic acids is 1. The van der Waals surface area contributed by atoms with Gasteiger partial charge in [-0.1, -0.05) is 0 Å². The highest BCUT2D eigenvalue weighted by molar-refractivity contribution is 5.88. The molecular weight excluding hydrogens is 170 g/mol. The molecule has 2 aliphatic heterocycles. The minimum atomic E-state index is -0.234. The van der Waals surface area contributed by atoms with Crippen LogP contribution in [0.25, 0.3) is 0 Å². The van der Waals surface area contributed by atoms with Gasteiger partial charge < -0.3 is 10.4 Å². The van der Waals surface area contributed by atoms with E-state index >= 15 is 0 Å². The lowest BCUT2D eigenvalue weighted by Crippen LogP contribution is -2.51. The van der Waals surface area contributed by atoms with Gasteiger partial charge in [-0.05, 0) is 6.92 Å². The number of hydrogen-bond acceptors (Lipinski definition) is 4. The highest BCUT2D eigenvalue weighted by atomic mass is 16.3. The lowest BCUT2D eigenvalue weighted by Gasteiger charge is -2.32. The van der Waals surface area contributed by atoms with E-state index in [1.165, 1.54) is 16.1 Å². The molecule has 0 radical (unpaired) electrons. The van der Waals surface area contributed by atoms with Crippen molar-refractivity contribution in [3.63, 3.8) is 0 Å². The van der Waals surface area contributed by atoms with Gasteiger partial charge in [-0.15, -0.1) is 0 Å². The van der Waals surface area contributed by atoms with Gasteiger partial charge in [0.05, 0.1) is 0 Å². The molecule has 0 saturated heterocycles. The third-order valence-electron chi connectivity index (χ3n) is 2.34. The molecule has 2 N–H and O–H groups in total. The third kappa shape index (κ3) is 0.898. The molecule has 0 aromatic rings. The average molecular weight is 181 g/mol. The van der Waals surface area contributed by atoms with Gasteiger partial charge >= 0.3 is 0 Å². The molecule has 0 spiro atoms. The van der Waals surface area contributed by atoms with Crippen molar-refractivity contribution in [2.45, 2.75) is 13.1 Å². The fourth-order valence-corrected chi connectivity index (χ4v) is 1.59. The van der Waals surface area contributed by atoms with Crippen LogP contribution < -0.4 is 5.32 Å². The molecular formula is C8H11N3O2. The van der Waals surface area contributed by atoms with Crippen LogP contribution in [0.15, 0.2) is 23.7 Å².